The Morgan fingerprint density at radius 3 is 2.12 bits per heavy atom. The molecule has 1 aromatic heterocycles. The van der Waals surface area contributed by atoms with Gasteiger partial charge in [-0.2, -0.15) is 26.3 Å². The van der Waals surface area contributed by atoms with Crippen LogP contribution >= 0.6 is 11.3 Å². The highest BCUT2D eigenvalue weighted by Crippen LogP contribution is 2.43. The summed E-state index contributed by atoms with van der Waals surface area (Å²) in [5.41, 5.74) is 0.474. The van der Waals surface area contributed by atoms with Crippen LogP contribution in [-0.2, 0) is 20.9 Å². The highest BCUT2D eigenvalue weighted by Gasteiger charge is 2.49. The number of halogens is 6. The van der Waals surface area contributed by atoms with Gasteiger partial charge >= 0.3 is 24.3 Å². The van der Waals surface area contributed by atoms with Gasteiger partial charge in [0.05, 0.1) is 6.61 Å². The van der Waals surface area contributed by atoms with E-state index < -0.39 is 24.3 Å². The lowest BCUT2D eigenvalue weighted by atomic mass is 9.78. The maximum atomic E-state index is 10.6. The Labute approximate surface area is 190 Å². The molecule has 3 rings (SSSR count). The molecule has 14 heteroatoms. The van der Waals surface area contributed by atoms with Crippen molar-refractivity contribution in [2.24, 2.45) is 11.3 Å². The molecule has 2 aliphatic rings. The van der Waals surface area contributed by atoms with Gasteiger partial charge in [0.2, 0.25) is 0 Å². The number of thiophene rings is 1. The van der Waals surface area contributed by atoms with Crippen LogP contribution < -0.4 is 0 Å². The van der Waals surface area contributed by atoms with Crippen molar-refractivity contribution in [1.29, 1.82) is 0 Å². The van der Waals surface area contributed by atoms with Gasteiger partial charge in [0.15, 0.2) is 0 Å². The Morgan fingerprint density at radius 1 is 1.15 bits per heavy atom. The van der Waals surface area contributed by atoms with E-state index in [0.717, 1.165) is 13.2 Å². The highest BCUT2D eigenvalue weighted by atomic mass is 32.1. The minimum atomic E-state index is -5.08. The van der Waals surface area contributed by atoms with Crippen LogP contribution in [0.25, 0.3) is 0 Å². The van der Waals surface area contributed by atoms with E-state index in [2.05, 4.69) is 34.4 Å². The normalized spacial score (nSPS) is 23.6. The molecule has 0 aromatic carbocycles. The van der Waals surface area contributed by atoms with Crippen LogP contribution in [0.4, 0.5) is 26.3 Å². The van der Waals surface area contributed by atoms with Crippen LogP contribution in [0, 0.1) is 11.3 Å². The van der Waals surface area contributed by atoms with Crippen molar-refractivity contribution in [3.63, 3.8) is 0 Å². The van der Waals surface area contributed by atoms with E-state index in [9.17, 15) is 26.3 Å². The molecule has 2 N–H and O–H groups in total. The molecule has 0 saturated carbocycles. The number of ether oxygens (including phenoxy) is 1. The average Bonchev–Trinajstić information content (AvgIpc) is 3.38. The van der Waals surface area contributed by atoms with Crippen molar-refractivity contribution in [3.8, 4) is 0 Å². The van der Waals surface area contributed by atoms with Gasteiger partial charge in [-0.3, -0.25) is 4.90 Å². The molecule has 0 aliphatic carbocycles. The second-order valence-electron chi connectivity index (χ2n) is 7.86. The monoisotopic (exact) mass is 508 g/mol. The van der Waals surface area contributed by atoms with Gasteiger partial charge in [-0.15, -0.1) is 11.3 Å². The predicted octanol–water partition coefficient (Wildman–Crippen LogP) is 3.41. The fourth-order valence-corrected chi connectivity index (χ4v) is 4.68. The van der Waals surface area contributed by atoms with Crippen molar-refractivity contribution in [2.75, 3.05) is 46.9 Å². The number of carbonyl (C=O) groups is 2. The van der Waals surface area contributed by atoms with Gasteiger partial charge in [-0.05, 0) is 31.5 Å². The first-order valence-electron chi connectivity index (χ1n) is 9.63. The molecule has 1 aromatic rings. The first-order chi connectivity index (χ1) is 15.1. The van der Waals surface area contributed by atoms with Crippen LogP contribution in [0.2, 0.25) is 0 Å². The lowest BCUT2D eigenvalue weighted by molar-refractivity contribution is -0.193. The molecule has 3 heterocycles. The number of aliphatic carboxylic acids is 2. The first-order valence-corrected chi connectivity index (χ1v) is 10.5. The summed E-state index contributed by atoms with van der Waals surface area (Å²) in [6.45, 7) is 6.96. The molecule has 0 radical (unpaired) electrons. The second kappa shape index (κ2) is 12.0. The van der Waals surface area contributed by atoms with E-state index in [0.29, 0.717) is 11.3 Å². The van der Waals surface area contributed by atoms with E-state index in [1.54, 1.807) is 0 Å². The molecular weight excluding hydrogens is 482 g/mol. The highest BCUT2D eigenvalue weighted by molar-refractivity contribution is 7.09. The van der Waals surface area contributed by atoms with Gasteiger partial charge < -0.3 is 19.8 Å². The van der Waals surface area contributed by atoms with Crippen LogP contribution in [0.15, 0.2) is 17.5 Å². The van der Waals surface area contributed by atoms with Gasteiger partial charge in [0.25, 0.3) is 0 Å². The number of carboxylic acid groups (broad SMARTS) is 2. The maximum Gasteiger partial charge on any atom is 0.490 e. The molecule has 2 saturated heterocycles. The molecule has 2 atom stereocenters. The summed E-state index contributed by atoms with van der Waals surface area (Å²) < 4.78 is 68.9. The minimum Gasteiger partial charge on any atom is -0.475 e. The largest absolute Gasteiger partial charge is 0.490 e. The van der Waals surface area contributed by atoms with Gasteiger partial charge in [-0.1, -0.05) is 6.07 Å². The Kier molecular flexibility index (Phi) is 10.6. The minimum absolute atomic E-state index is 0.474. The van der Waals surface area contributed by atoms with Crippen LogP contribution in [0.5, 0.6) is 0 Å². The molecule has 0 unspecified atom stereocenters. The summed E-state index contributed by atoms with van der Waals surface area (Å²) in [5, 5.41) is 16.4. The van der Waals surface area contributed by atoms with Crippen molar-refractivity contribution in [1.82, 2.24) is 9.80 Å². The van der Waals surface area contributed by atoms with Gasteiger partial charge in [0.1, 0.15) is 0 Å². The van der Waals surface area contributed by atoms with Crippen molar-refractivity contribution < 1.29 is 50.9 Å². The Morgan fingerprint density at radius 2 is 1.70 bits per heavy atom. The first kappa shape index (κ1) is 29.1. The number of hydrogen-bond donors (Lipinski definition) is 2. The fraction of sp³-hybridized carbons (Fsp3) is 0.684. The molecule has 190 valence electrons. The summed E-state index contributed by atoms with van der Waals surface area (Å²) in [5.74, 6) is -4.81. The van der Waals surface area contributed by atoms with Crippen LogP contribution in [0.1, 0.15) is 11.3 Å². The van der Waals surface area contributed by atoms with Crippen molar-refractivity contribution >= 4 is 23.3 Å². The second-order valence-corrected chi connectivity index (χ2v) is 8.89. The van der Waals surface area contributed by atoms with Crippen molar-refractivity contribution in [2.45, 2.75) is 25.3 Å². The molecule has 7 nitrogen and oxygen atoms in total. The molecule has 2 fully saturated rings. The standard InChI is InChI=1S/C15H24N2OS.2C2HF3O2/c1-16-8-13(10-18-2)15(11-16)5-6-17(12-15)9-14-4-3-7-19-14;2*3-2(4,5)1(6)7/h3-4,7,13H,5-6,8-12H2,1-2H3;2*(H,6,7)/t13-,15+;;/m0../s1. The summed E-state index contributed by atoms with van der Waals surface area (Å²) in [4.78, 5) is 24.4. The lowest BCUT2D eigenvalue weighted by Gasteiger charge is -2.30. The van der Waals surface area contributed by atoms with Crippen molar-refractivity contribution in [3.05, 3.63) is 22.4 Å². The van der Waals surface area contributed by atoms with Gasteiger partial charge in [0, 0.05) is 49.5 Å². The third kappa shape index (κ3) is 9.47. The number of nitrogens with zero attached hydrogens (tertiary/aromatic N) is 2. The average molecular weight is 508 g/mol. The fourth-order valence-electron chi connectivity index (χ4n) is 3.94. The van der Waals surface area contributed by atoms with Crippen LogP contribution in [-0.4, -0.2) is 91.2 Å². The van der Waals surface area contributed by atoms with E-state index in [4.69, 9.17) is 24.5 Å². The summed E-state index contributed by atoms with van der Waals surface area (Å²) in [6.07, 6.45) is -8.84. The summed E-state index contributed by atoms with van der Waals surface area (Å²) in [7, 11) is 4.09. The molecule has 1 spiro atoms. The summed E-state index contributed by atoms with van der Waals surface area (Å²) in [6, 6.07) is 4.41. The lowest BCUT2D eigenvalue weighted by Crippen LogP contribution is -2.35. The van der Waals surface area contributed by atoms with E-state index in [1.807, 2.05) is 18.4 Å². The number of methoxy groups -OCH3 is 1. The number of rotatable bonds is 4. The molecule has 33 heavy (non-hydrogen) atoms. The maximum absolute atomic E-state index is 10.6. The zero-order chi connectivity index (χ0) is 25.4. The molecule has 2 aliphatic heterocycles. The van der Waals surface area contributed by atoms with E-state index in [1.165, 1.54) is 37.5 Å². The Bertz CT molecular complexity index is 735. The third-order valence-electron chi connectivity index (χ3n) is 5.26. The van der Waals surface area contributed by atoms with E-state index in [-0.39, 0.29) is 0 Å². The number of alkyl halides is 6. The predicted molar refractivity (Wildman–Crippen MR) is 107 cm³/mol. The van der Waals surface area contributed by atoms with E-state index >= 15 is 0 Å². The smallest absolute Gasteiger partial charge is 0.475 e. The SMILES string of the molecule is COC[C@@H]1CN(C)C[C@@]12CCN(Cc1cccs1)C2.O=C(O)C(F)(F)F.O=C(O)C(F)(F)F. The van der Waals surface area contributed by atoms with Crippen LogP contribution in [0.3, 0.4) is 0 Å². The number of carboxylic acids is 2. The zero-order valence-electron chi connectivity index (χ0n) is 17.9. The number of likely N-dealkylation sites (tertiary alicyclic amines) is 2. The Hall–Kier alpha value is -1.90. The summed E-state index contributed by atoms with van der Waals surface area (Å²) >= 11 is 1.88. The zero-order valence-corrected chi connectivity index (χ0v) is 18.8. The number of hydrogen-bond acceptors (Lipinski definition) is 6. The molecule has 0 bridgehead atoms. The van der Waals surface area contributed by atoms with Gasteiger partial charge in [-0.25, -0.2) is 9.59 Å². The quantitative estimate of drug-likeness (QED) is 0.603. The third-order valence-corrected chi connectivity index (χ3v) is 6.12. The molecule has 0 amide bonds. The topological polar surface area (TPSA) is 90.3 Å². The molecular formula is C19H26F6N2O5S. The Balaban J connectivity index is 0.000000324.